The highest BCUT2D eigenvalue weighted by molar-refractivity contribution is 5.87. The average Bonchev–Trinajstić information content (AvgIpc) is 2.82. The zero-order valence-electron chi connectivity index (χ0n) is 18.4. The van der Waals surface area contributed by atoms with Crippen LogP contribution in [0.5, 0.6) is 0 Å². The Kier molecular flexibility index (Phi) is 5.60. The highest BCUT2D eigenvalue weighted by Crippen LogP contribution is 2.38. The van der Waals surface area contributed by atoms with Gasteiger partial charge in [0.05, 0.1) is 23.0 Å². The molecule has 8 nitrogen and oxygen atoms in total. The van der Waals surface area contributed by atoms with Crippen LogP contribution in [0.15, 0.2) is 42.9 Å². The highest BCUT2D eigenvalue weighted by Gasteiger charge is 2.38. The Balaban J connectivity index is 1.49. The Hall–Kier alpha value is -4.10. The van der Waals surface area contributed by atoms with E-state index in [1.54, 1.807) is 4.90 Å². The van der Waals surface area contributed by atoms with Crippen LogP contribution < -0.4 is 10.2 Å². The third kappa shape index (κ3) is 4.45. The largest absolute Gasteiger partial charge is 0.418 e. The van der Waals surface area contributed by atoms with Crippen molar-refractivity contribution < 1.29 is 26.3 Å². The average molecular weight is 506 g/mol. The fourth-order valence-electron chi connectivity index (χ4n) is 3.69. The molecule has 0 spiro atoms. The summed E-state index contributed by atoms with van der Waals surface area (Å²) < 4.78 is 79.9. The summed E-state index contributed by atoms with van der Waals surface area (Å²) >= 11 is 0. The van der Waals surface area contributed by atoms with Crippen LogP contribution in [-0.2, 0) is 12.4 Å². The molecule has 14 heteroatoms. The molecule has 1 aliphatic heterocycles. The van der Waals surface area contributed by atoms with Gasteiger partial charge in [0, 0.05) is 25.0 Å². The molecule has 186 valence electrons. The van der Waals surface area contributed by atoms with E-state index in [2.05, 4.69) is 35.5 Å². The Morgan fingerprint density at radius 3 is 2.36 bits per heavy atom. The maximum absolute atomic E-state index is 13.9. The van der Waals surface area contributed by atoms with Crippen molar-refractivity contribution in [2.24, 2.45) is 0 Å². The van der Waals surface area contributed by atoms with E-state index in [0.717, 1.165) is 30.8 Å². The third-order valence-corrected chi connectivity index (χ3v) is 5.74. The number of rotatable bonds is 4. The maximum atomic E-state index is 13.9. The third-order valence-electron chi connectivity index (χ3n) is 5.74. The van der Waals surface area contributed by atoms with Crippen molar-refractivity contribution in [3.8, 4) is 11.4 Å². The molecule has 1 saturated heterocycles. The molecule has 4 aromatic heterocycles. The minimum absolute atomic E-state index is 0.000206. The second kappa shape index (κ2) is 8.53. The molecule has 1 N–H and O–H groups in total. The zero-order valence-corrected chi connectivity index (χ0v) is 18.4. The second-order valence-electron chi connectivity index (χ2n) is 8.13. The predicted octanol–water partition coefficient (Wildman–Crippen LogP) is 5.26. The van der Waals surface area contributed by atoms with Crippen molar-refractivity contribution in [2.75, 3.05) is 16.8 Å². The lowest BCUT2D eigenvalue weighted by Crippen LogP contribution is -2.46. The number of fused-ring (bicyclic) bond motifs is 1. The summed E-state index contributed by atoms with van der Waals surface area (Å²) in [6.07, 6.45) is -5.27. The maximum Gasteiger partial charge on any atom is 0.418 e. The van der Waals surface area contributed by atoms with E-state index < -0.39 is 29.2 Å². The van der Waals surface area contributed by atoms with Gasteiger partial charge in [-0.3, -0.25) is 0 Å². The van der Waals surface area contributed by atoms with Gasteiger partial charge in [0.1, 0.15) is 22.7 Å². The number of nitrogens with zero attached hydrogens (tertiary/aromatic N) is 7. The monoisotopic (exact) mass is 506 g/mol. The number of anilines is 3. The van der Waals surface area contributed by atoms with Crippen molar-refractivity contribution in [2.45, 2.75) is 31.7 Å². The minimum atomic E-state index is -4.71. The molecule has 0 aliphatic carbocycles. The number of hydrogen-bond donors (Lipinski definition) is 1. The van der Waals surface area contributed by atoms with E-state index in [9.17, 15) is 26.3 Å². The summed E-state index contributed by atoms with van der Waals surface area (Å²) in [4.78, 5) is 17.9. The lowest BCUT2D eigenvalue weighted by Gasteiger charge is -2.39. The zero-order chi connectivity index (χ0) is 25.7. The van der Waals surface area contributed by atoms with Crippen LogP contribution >= 0.6 is 0 Å². The van der Waals surface area contributed by atoms with Crippen LogP contribution in [0, 0.1) is 0 Å². The van der Waals surface area contributed by atoms with Gasteiger partial charge >= 0.3 is 12.4 Å². The predicted molar refractivity (Wildman–Crippen MR) is 117 cm³/mol. The fraction of sp³-hybridized carbons (Fsp3) is 0.273. The standard InChI is InChI=1S/C22H16F6N8/c1-11-5-7-36(11)17-8-13(22(26,27)28)18(35-34-17)15-10-31-19-14(4-6-29-20(19)33-15)32-16-3-2-12(9-30-16)21(23,24)25/h2-4,6,8-11H,5,7H2,1H3,(H,29,30,32,33). The summed E-state index contributed by atoms with van der Waals surface area (Å²) in [5, 5.41) is 10.6. The second-order valence-corrected chi connectivity index (χ2v) is 8.13. The van der Waals surface area contributed by atoms with Gasteiger partial charge in [0.2, 0.25) is 0 Å². The van der Waals surface area contributed by atoms with Crippen molar-refractivity contribution in [3.63, 3.8) is 0 Å². The Morgan fingerprint density at radius 2 is 1.75 bits per heavy atom. The van der Waals surface area contributed by atoms with Crippen molar-refractivity contribution >= 4 is 28.5 Å². The van der Waals surface area contributed by atoms with Gasteiger partial charge in [-0.05, 0) is 37.6 Å². The van der Waals surface area contributed by atoms with E-state index in [4.69, 9.17) is 0 Å². The molecule has 0 saturated carbocycles. The van der Waals surface area contributed by atoms with Gasteiger partial charge in [0.25, 0.3) is 0 Å². The molecule has 0 bridgehead atoms. The molecule has 0 aromatic carbocycles. The van der Waals surface area contributed by atoms with Crippen LogP contribution in [-0.4, -0.2) is 42.7 Å². The highest BCUT2D eigenvalue weighted by atomic mass is 19.4. The lowest BCUT2D eigenvalue weighted by atomic mass is 10.0. The molecular weight excluding hydrogens is 490 g/mol. The molecule has 0 amide bonds. The molecule has 1 aliphatic rings. The van der Waals surface area contributed by atoms with Crippen molar-refractivity contribution in [3.05, 3.63) is 54.0 Å². The molecule has 4 aromatic rings. The van der Waals surface area contributed by atoms with Crippen LogP contribution in [0.25, 0.3) is 22.6 Å². The molecule has 5 heterocycles. The number of aromatic nitrogens is 6. The number of nitrogens with one attached hydrogen (secondary N) is 1. The molecular formula is C22H16F6N8. The summed E-state index contributed by atoms with van der Waals surface area (Å²) in [7, 11) is 0. The van der Waals surface area contributed by atoms with Crippen LogP contribution in [0.4, 0.5) is 43.7 Å². The number of halogens is 6. The quantitative estimate of drug-likeness (QED) is 0.375. The van der Waals surface area contributed by atoms with E-state index >= 15 is 0 Å². The van der Waals surface area contributed by atoms with Gasteiger partial charge in [-0.25, -0.2) is 19.9 Å². The fourth-order valence-corrected chi connectivity index (χ4v) is 3.69. The Bertz CT molecular complexity index is 1420. The topological polar surface area (TPSA) is 92.6 Å². The number of pyridine rings is 2. The van der Waals surface area contributed by atoms with E-state index in [0.29, 0.717) is 18.4 Å². The molecule has 1 atom stereocenters. The van der Waals surface area contributed by atoms with E-state index in [1.165, 1.54) is 12.3 Å². The first-order valence-electron chi connectivity index (χ1n) is 10.6. The summed E-state index contributed by atoms with van der Waals surface area (Å²) in [6.45, 7) is 2.48. The van der Waals surface area contributed by atoms with Crippen LogP contribution in [0.2, 0.25) is 0 Å². The first-order valence-corrected chi connectivity index (χ1v) is 10.6. The van der Waals surface area contributed by atoms with Crippen LogP contribution in [0.1, 0.15) is 24.5 Å². The van der Waals surface area contributed by atoms with Gasteiger partial charge in [-0.15, -0.1) is 10.2 Å². The number of alkyl halides is 6. The van der Waals surface area contributed by atoms with Crippen molar-refractivity contribution in [1.29, 1.82) is 0 Å². The molecule has 5 rings (SSSR count). The SMILES string of the molecule is CC1CCN1c1cc(C(F)(F)F)c(-c2cnc3c(Nc4ccc(C(F)(F)F)cn4)ccnc3n2)nn1. The first-order chi connectivity index (χ1) is 17.0. The minimum Gasteiger partial charge on any atom is -0.352 e. The van der Waals surface area contributed by atoms with E-state index in [-0.39, 0.29) is 34.5 Å². The Labute approximate surface area is 199 Å². The molecule has 0 radical (unpaired) electrons. The normalized spacial score (nSPS) is 16.2. The summed E-state index contributed by atoms with van der Waals surface area (Å²) in [6, 6.07) is 4.51. The summed E-state index contributed by atoms with van der Waals surface area (Å²) in [5.41, 5.74) is -2.09. The molecule has 1 fully saturated rings. The van der Waals surface area contributed by atoms with Gasteiger partial charge in [-0.2, -0.15) is 26.3 Å². The van der Waals surface area contributed by atoms with E-state index in [1.807, 2.05) is 6.92 Å². The Morgan fingerprint density at radius 1 is 0.944 bits per heavy atom. The van der Waals surface area contributed by atoms with Crippen molar-refractivity contribution in [1.82, 2.24) is 30.1 Å². The first kappa shape index (κ1) is 23.6. The molecule has 1 unspecified atom stereocenters. The lowest BCUT2D eigenvalue weighted by molar-refractivity contribution is -0.138. The van der Waals surface area contributed by atoms with Crippen LogP contribution in [0.3, 0.4) is 0 Å². The molecule has 36 heavy (non-hydrogen) atoms. The van der Waals surface area contributed by atoms with Gasteiger partial charge < -0.3 is 10.2 Å². The summed E-state index contributed by atoms with van der Waals surface area (Å²) in [5.74, 6) is 0.231. The van der Waals surface area contributed by atoms with Gasteiger partial charge in [-0.1, -0.05) is 0 Å². The smallest absolute Gasteiger partial charge is 0.352 e. The number of hydrogen-bond acceptors (Lipinski definition) is 8. The van der Waals surface area contributed by atoms with Gasteiger partial charge in [0.15, 0.2) is 11.5 Å².